The van der Waals surface area contributed by atoms with Gasteiger partial charge >= 0.3 is 0 Å². The van der Waals surface area contributed by atoms with Crippen molar-refractivity contribution in [2.24, 2.45) is 0 Å². The van der Waals surface area contributed by atoms with Crippen LogP contribution in [0, 0.1) is 11.6 Å². The number of nitrogens with zero attached hydrogens (tertiary/aromatic N) is 1. The first-order valence-electron chi connectivity index (χ1n) is 9.09. The molecule has 0 atom stereocenters. The molecule has 0 spiro atoms. The van der Waals surface area contributed by atoms with Crippen molar-refractivity contribution in [3.8, 4) is 28.5 Å². The number of benzene rings is 3. The molecule has 0 saturated carbocycles. The van der Waals surface area contributed by atoms with E-state index in [0.29, 0.717) is 34.3 Å². The van der Waals surface area contributed by atoms with E-state index in [1.165, 1.54) is 6.07 Å². The molecule has 0 radical (unpaired) electrons. The van der Waals surface area contributed by atoms with Crippen LogP contribution in [0.4, 0.5) is 8.78 Å². The minimum absolute atomic E-state index is 0.0852. The zero-order valence-electron chi connectivity index (χ0n) is 15.5. The van der Waals surface area contributed by atoms with E-state index in [9.17, 15) is 8.78 Å². The van der Waals surface area contributed by atoms with Gasteiger partial charge in [0.25, 0.3) is 0 Å². The maximum absolute atomic E-state index is 14.0. The van der Waals surface area contributed by atoms with E-state index < -0.39 is 11.6 Å². The van der Waals surface area contributed by atoms with Gasteiger partial charge in [-0.3, -0.25) is 5.10 Å². The first-order chi connectivity index (χ1) is 14.1. The van der Waals surface area contributed by atoms with Crippen LogP contribution in [0.2, 0.25) is 5.02 Å². The quantitative estimate of drug-likeness (QED) is 0.380. The third-order valence-corrected chi connectivity index (χ3v) is 4.64. The van der Waals surface area contributed by atoms with Crippen LogP contribution < -0.4 is 9.47 Å². The lowest BCUT2D eigenvalue weighted by molar-refractivity contribution is 0.319. The first-order valence-corrected chi connectivity index (χ1v) is 9.47. The van der Waals surface area contributed by atoms with Gasteiger partial charge < -0.3 is 9.47 Å². The van der Waals surface area contributed by atoms with Crippen molar-refractivity contribution in [3.05, 3.63) is 71.3 Å². The SMILES string of the molecule is CCCOc1cc(Oc2ccc(F)cc2F)cc2[nH]nc(-c3ccccc3Cl)c12. The summed E-state index contributed by atoms with van der Waals surface area (Å²) in [6.07, 6.45) is 0.804. The maximum atomic E-state index is 14.0. The summed E-state index contributed by atoms with van der Waals surface area (Å²) < 4.78 is 38.7. The molecule has 1 aromatic heterocycles. The first kappa shape index (κ1) is 19.2. The average molecular weight is 415 g/mol. The van der Waals surface area contributed by atoms with Crippen LogP contribution >= 0.6 is 11.6 Å². The van der Waals surface area contributed by atoms with E-state index >= 15 is 0 Å². The Labute approximate surface area is 171 Å². The predicted octanol–water partition coefficient (Wildman–Crippen LogP) is 6.74. The lowest BCUT2D eigenvalue weighted by atomic mass is 10.1. The summed E-state index contributed by atoms with van der Waals surface area (Å²) in [5.41, 5.74) is 2.06. The van der Waals surface area contributed by atoms with Crippen molar-refractivity contribution in [2.45, 2.75) is 13.3 Å². The fraction of sp³-hybridized carbons (Fsp3) is 0.136. The second-order valence-electron chi connectivity index (χ2n) is 6.42. The molecule has 0 unspecified atom stereocenters. The van der Waals surface area contributed by atoms with E-state index in [-0.39, 0.29) is 5.75 Å². The molecule has 0 aliphatic heterocycles. The van der Waals surface area contributed by atoms with Crippen LogP contribution in [-0.4, -0.2) is 16.8 Å². The van der Waals surface area contributed by atoms with Gasteiger partial charge in [-0.25, -0.2) is 8.78 Å². The normalized spacial score (nSPS) is 11.0. The molecule has 0 fully saturated rings. The number of fused-ring (bicyclic) bond motifs is 1. The Bertz CT molecular complexity index is 1180. The van der Waals surface area contributed by atoms with E-state index in [0.717, 1.165) is 29.5 Å². The number of aromatic amines is 1. The van der Waals surface area contributed by atoms with Crippen LogP contribution in [0.15, 0.2) is 54.6 Å². The number of hydrogen-bond donors (Lipinski definition) is 1. The van der Waals surface area contributed by atoms with Gasteiger partial charge in [-0.05, 0) is 24.6 Å². The van der Waals surface area contributed by atoms with Gasteiger partial charge in [0.05, 0.1) is 22.5 Å². The molecule has 0 bridgehead atoms. The molecule has 4 rings (SSSR count). The summed E-state index contributed by atoms with van der Waals surface area (Å²) >= 11 is 6.35. The minimum atomic E-state index is -0.789. The van der Waals surface area contributed by atoms with Crippen LogP contribution in [0.5, 0.6) is 17.2 Å². The maximum Gasteiger partial charge on any atom is 0.168 e. The monoisotopic (exact) mass is 414 g/mol. The highest BCUT2D eigenvalue weighted by Crippen LogP contribution is 2.40. The van der Waals surface area contributed by atoms with Crippen LogP contribution in [0.25, 0.3) is 22.2 Å². The van der Waals surface area contributed by atoms with Gasteiger partial charge in [0, 0.05) is 23.8 Å². The fourth-order valence-corrected chi connectivity index (χ4v) is 3.24. The average Bonchev–Trinajstić information content (AvgIpc) is 3.12. The number of hydrogen-bond acceptors (Lipinski definition) is 3. The fourth-order valence-electron chi connectivity index (χ4n) is 3.01. The molecule has 0 amide bonds. The third-order valence-electron chi connectivity index (χ3n) is 4.31. The highest BCUT2D eigenvalue weighted by Gasteiger charge is 2.18. The number of ether oxygens (including phenoxy) is 2. The molecular formula is C22H17ClF2N2O2. The number of aromatic nitrogens is 2. The van der Waals surface area contributed by atoms with Crippen molar-refractivity contribution < 1.29 is 18.3 Å². The van der Waals surface area contributed by atoms with Crippen molar-refractivity contribution in [1.82, 2.24) is 10.2 Å². The van der Waals surface area contributed by atoms with Gasteiger partial charge in [0.1, 0.15) is 23.0 Å². The number of rotatable bonds is 6. The highest BCUT2D eigenvalue weighted by atomic mass is 35.5. The molecule has 1 N–H and O–H groups in total. The van der Waals surface area contributed by atoms with Crippen molar-refractivity contribution in [3.63, 3.8) is 0 Å². The van der Waals surface area contributed by atoms with E-state index in [4.69, 9.17) is 21.1 Å². The Morgan fingerprint density at radius 2 is 1.86 bits per heavy atom. The van der Waals surface area contributed by atoms with E-state index in [1.54, 1.807) is 18.2 Å². The summed E-state index contributed by atoms with van der Waals surface area (Å²) in [6.45, 7) is 2.48. The van der Waals surface area contributed by atoms with Gasteiger partial charge in [0.2, 0.25) is 0 Å². The molecule has 148 valence electrons. The molecule has 0 aliphatic carbocycles. The molecule has 0 saturated heterocycles. The summed E-state index contributed by atoms with van der Waals surface area (Å²) in [7, 11) is 0. The summed E-state index contributed by atoms with van der Waals surface area (Å²) in [5.74, 6) is -0.676. The summed E-state index contributed by atoms with van der Waals surface area (Å²) in [6, 6.07) is 13.9. The van der Waals surface area contributed by atoms with Crippen LogP contribution in [0.1, 0.15) is 13.3 Å². The molecule has 29 heavy (non-hydrogen) atoms. The predicted molar refractivity (Wildman–Crippen MR) is 109 cm³/mol. The van der Waals surface area contributed by atoms with E-state index in [2.05, 4.69) is 10.2 Å². The van der Waals surface area contributed by atoms with Crippen molar-refractivity contribution in [1.29, 1.82) is 0 Å². The molecule has 4 aromatic rings. The lowest BCUT2D eigenvalue weighted by Crippen LogP contribution is -1.97. The van der Waals surface area contributed by atoms with Crippen molar-refractivity contribution >= 4 is 22.5 Å². The van der Waals surface area contributed by atoms with Gasteiger partial charge in [-0.1, -0.05) is 36.7 Å². The molecule has 1 heterocycles. The lowest BCUT2D eigenvalue weighted by Gasteiger charge is -2.12. The minimum Gasteiger partial charge on any atom is -0.493 e. The van der Waals surface area contributed by atoms with Crippen LogP contribution in [0.3, 0.4) is 0 Å². The third kappa shape index (κ3) is 3.89. The summed E-state index contributed by atoms with van der Waals surface area (Å²) in [5, 5.41) is 8.68. The van der Waals surface area contributed by atoms with Crippen molar-refractivity contribution in [2.75, 3.05) is 6.61 Å². The molecule has 7 heteroatoms. The van der Waals surface area contributed by atoms with Gasteiger partial charge in [0.15, 0.2) is 11.6 Å². The zero-order chi connectivity index (χ0) is 20.4. The van der Waals surface area contributed by atoms with Gasteiger partial charge in [-0.15, -0.1) is 0 Å². The Balaban J connectivity index is 1.82. The number of H-pyrrole nitrogens is 1. The number of nitrogens with one attached hydrogen (secondary N) is 1. The molecular weight excluding hydrogens is 398 g/mol. The largest absolute Gasteiger partial charge is 0.493 e. The second-order valence-corrected chi connectivity index (χ2v) is 6.83. The smallest absolute Gasteiger partial charge is 0.168 e. The van der Waals surface area contributed by atoms with E-state index in [1.807, 2.05) is 25.1 Å². The Hall–Kier alpha value is -3.12. The zero-order valence-corrected chi connectivity index (χ0v) is 16.3. The number of halogens is 3. The summed E-state index contributed by atoms with van der Waals surface area (Å²) in [4.78, 5) is 0. The Kier molecular flexibility index (Phi) is 5.36. The Morgan fingerprint density at radius 1 is 1.03 bits per heavy atom. The standard InChI is InChI=1S/C22H17ClF2N2O2/c1-2-9-28-20-12-14(29-19-8-7-13(24)10-17(19)25)11-18-21(20)22(27-26-18)15-5-3-4-6-16(15)23/h3-8,10-12H,2,9H2,1H3,(H,26,27). The Morgan fingerprint density at radius 3 is 2.62 bits per heavy atom. The molecule has 0 aliphatic rings. The van der Waals surface area contributed by atoms with Gasteiger partial charge in [-0.2, -0.15) is 5.10 Å². The van der Waals surface area contributed by atoms with Crippen LogP contribution in [-0.2, 0) is 0 Å². The molecule has 3 aromatic carbocycles. The second kappa shape index (κ2) is 8.09. The topological polar surface area (TPSA) is 47.1 Å². The highest BCUT2D eigenvalue weighted by molar-refractivity contribution is 6.33. The molecule has 4 nitrogen and oxygen atoms in total.